The molecular weight excluding hydrogens is 292 g/mol. The van der Waals surface area contributed by atoms with Gasteiger partial charge in [0.05, 0.1) is 0 Å². The third kappa shape index (κ3) is 2.47. The Balaban J connectivity index is 1.84. The number of rotatable bonds is 3. The average molecular weight is 312 g/mol. The minimum atomic E-state index is -1.04. The first-order chi connectivity index (χ1) is 11.8. The predicted molar refractivity (Wildman–Crippen MR) is 98.6 cm³/mol. The summed E-state index contributed by atoms with van der Waals surface area (Å²) >= 11 is 0. The van der Waals surface area contributed by atoms with Crippen LogP contribution in [0.2, 0.25) is 0 Å². The summed E-state index contributed by atoms with van der Waals surface area (Å²) in [7, 11) is 0. The quantitative estimate of drug-likeness (QED) is 0.736. The average Bonchev–Trinajstić information content (AvgIpc) is 2.68. The summed E-state index contributed by atoms with van der Waals surface area (Å²) in [4.78, 5) is 0. The Morgan fingerprint density at radius 2 is 1.25 bits per heavy atom. The maximum Gasteiger partial charge on any atom is 0.121 e. The third-order valence-electron chi connectivity index (χ3n) is 4.97. The summed E-state index contributed by atoms with van der Waals surface area (Å²) in [5.41, 5.74) is 3.37. The molecule has 4 rings (SSSR count). The monoisotopic (exact) mass is 312 g/mol. The first kappa shape index (κ1) is 14.9. The summed E-state index contributed by atoms with van der Waals surface area (Å²) < 4.78 is 0. The molecule has 1 N–H and O–H groups in total. The summed E-state index contributed by atoms with van der Waals surface area (Å²) in [5.74, 6) is -0.00259. The Hall–Kier alpha value is -2.64. The van der Waals surface area contributed by atoms with Crippen molar-refractivity contribution < 1.29 is 5.11 Å². The maximum absolute atomic E-state index is 11.9. The van der Waals surface area contributed by atoms with E-state index in [1.165, 1.54) is 11.1 Å². The minimum absolute atomic E-state index is 0.00259. The third-order valence-corrected chi connectivity index (χ3v) is 4.97. The van der Waals surface area contributed by atoms with Crippen molar-refractivity contribution in [3.05, 3.63) is 113 Å². The second kappa shape index (κ2) is 6.10. The molecule has 1 aliphatic carbocycles. The lowest BCUT2D eigenvalue weighted by Gasteiger charge is -2.37. The van der Waals surface area contributed by atoms with Gasteiger partial charge in [0, 0.05) is 5.92 Å². The van der Waals surface area contributed by atoms with E-state index in [-0.39, 0.29) is 5.92 Å². The van der Waals surface area contributed by atoms with Gasteiger partial charge in [-0.05, 0) is 28.7 Å². The van der Waals surface area contributed by atoms with E-state index in [4.69, 9.17) is 0 Å². The lowest BCUT2D eigenvalue weighted by Crippen LogP contribution is -2.37. The molecule has 1 heteroatoms. The molecule has 0 bridgehead atoms. The Labute approximate surface area is 142 Å². The molecule has 3 aromatic rings. The molecule has 1 nitrogen and oxygen atoms in total. The van der Waals surface area contributed by atoms with E-state index >= 15 is 0 Å². The van der Waals surface area contributed by atoms with Gasteiger partial charge in [0.25, 0.3) is 0 Å². The van der Waals surface area contributed by atoms with Gasteiger partial charge in [-0.15, -0.1) is 0 Å². The van der Waals surface area contributed by atoms with E-state index in [0.717, 1.165) is 17.5 Å². The lowest BCUT2D eigenvalue weighted by atomic mass is 9.71. The summed E-state index contributed by atoms with van der Waals surface area (Å²) in [6.45, 7) is 0. The Bertz CT molecular complexity index is 810. The van der Waals surface area contributed by atoms with Crippen LogP contribution in [-0.2, 0) is 12.0 Å². The topological polar surface area (TPSA) is 20.2 Å². The SMILES string of the molecule is OC(c1ccccc1)(c1ccccc1)C1C=Cc2ccccc2C1. The highest BCUT2D eigenvalue weighted by atomic mass is 16.3. The van der Waals surface area contributed by atoms with Crippen LogP contribution >= 0.6 is 0 Å². The molecule has 1 unspecified atom stereocenters. The van der Waals surface area contributed by atoms with Gasteiger partial charge in [-0.1, -0.05) is 97.1 Å². The van der Waals surface area contributed by atoms with E-state index in [9.17, 15) is 5.11 Å². The molecule has 0 saturated carbocycles. The molecule has 0 amide bonds. The van der Waals surface area contributed by atoms with Gasteiger partial charge >= 0.3 is 0 Å². The van der Waals surface area contributed by atoms with Gasteiger partial charge in [-0.3, -0.25) is 0 Å². The summed E-state index contributed by atoms with van der Waals surface area (Å²) in [6.07, 6.45) is 5.12. The Morgan fingerprint density at radius 3 is 1.88 bits per heavy atom. The van der Waals surface area contributed by atoms with Gasteiger partial charge in [-0.25, -0.2) is 0 Å². The molecule has 118 valence electrons. The van der Waals surface area contributed by atoms with E-state index in [2.05, 4.69) is 36.4 Å². The van der Waals surface area contributed by atoms with Gasteiger partial charge in [0.2, 0.25) is 0 Å². The van der Waals surface area contributed by atoms with Crippen LogP contribution < -0.4 is 0 Å². The molecule has 1 atom stereocenters. The van der Waals surface area contributed by atoms with Crippen molar-refractivity contribution in [2.75, 3.05) is 0 Å². The summed E-state index contributed by atoms with van der Waals surface area (Å²) in [6, 6.07) is 28.4. The molecule has 0 radical (unpaired) electrons. The predicted octanol–water partition coefficient (Wildman–Crippen LogP) is 4.81. The van der Waals surface area contributed by atoms with Crippen LogP contribution in [0.15, 0.2) is 91.0 Å². The van der Waals surface area contributed by atoms with Crippen LogP contribution in [0.25, 0.3) is 6.08 Å². The molecule has 0 heterocycles. The fraction of sp³-hybridized carbons (Fsp3) is 0.130. The fourth-order valence-electron chi connectivity index (χ4n) is 3.67. The molecule has 0 saturated heterocycles. The molecule has 24 heavy (non-hydrogen) atoms. The highest BCUT2D eigenvalue weighted by molar-refractivity contribution is 5.58. The van der Waals surface area contributed by atoms with Crippen LogP contribution in [0, 0.1) is 5.92 Å². The van der Waals surface area contributed by atoms with E-state index < -0.39 is 5.60 Å². The Kier molecular flexibility index (Phi) is 3.79. The van der Waals surface area contributed by atoms with E-state index in [0.29, 0.717) is 0 Å². The second-order valence-corrected chi connectivity index (χ2v) is 6.37. The first-order valence-corrected chi connectivity index (χ1v) is 8.38. The van der Waals surface area contributed by atoms with Crippen LogP contribution in [0.4, 0.5) is 0 Å². The largest absolute Gasteiger partial charge is 0.380 e. The highest BCUT2D eigenvalue weighted by Crippen LogP contribution is 2.41. The smallest absolute Gasteiger partial charge is 0.121 e. The van der Waals surface area contributed by atoms with Crippen molar-refractivity contribution in [2.24, 2.45) is 5.92 Å². The van der Waals surface area contributed by atoms with E-state index in [1.54, 1.807) is 0 Å². The van der Waals surface area contributed by atoms with Gasteiger partial charge in [0.1, 0.15) is 5.60 Å². The first-order valence-electron chi connectivity index (χ1n) is 8.38. The van der Waals surface area contributed by atoms with Crippen LogP contribution in [0.3, 0.4) is 0 Å². The highest BCUT2D eigenvalue weighted by Gasteiger charge is 2.39. The second-order valence-electron chi connectivity index (χ2n) is 6.37. The number of fused-ring (bicyclic) bond motifs is 1. The van der Waals surface area contributed by atoms with Crippen molar-refractivity contribution in [1.29, 1.82) is 0 Å². The maximum atomic E-state index is 11.9. The van der Waals surface area contributed by atoms with E-state index in [1.807, 2.05) is 60.7 Å². The molecule has 0 fully saturated rings. The minimum Gasteiger partial charge on any atom is -0.380 e. The zero-order chi connectivity index (χ0) is 16.4. The Morgan fingerprint density at radius 1 is 0.708 bits per heavy atom. The lowest BCUT2D eigenvalue weighted by molar-refractivity contribution is 0.0361. The van der Waals surface area contributed by atoms with Crippen molar-refractivity contribution >= 4 is 6.08 Å². The van der Waals surface area contributed by atoms with Crippen LogP contribution in [0.1, 0.15) is 22.3 Å². The molecule has 0 aliphatic heterocycles. The van der Waals surface area contributed by atoms with Crippen molar-refractivity contribution in [3.63, 3.8) is 0 Å². The van der Waals surface area contributed by atoms with Crippen molar-refractivity contribution in [1.82, 2.24) is 0 Å². The fourth-order valence-corrected chi connectivity index (χ4v) is 3.67. The standard InChI is InChI=1S/C23H20O/c24-23(20-11-3-1-4-12-20,21-13-5-2-6-14-21)22-16-15-18-9-7-8-10-19(18)17-22/h1-16,22,24H,17H2. The van der Waals surface area contributed by atoms with Crippen molar-refractivity contribution in [2.45, 2.75) is 12.0 Å². The molecule has 0 spiro atoms. The normalized spacial score (nSPS) is 16.6. The van der Waals surface area contributed by atoms with Gasteiger partial charge < -0.3 is 5.11 Å². The van der Waals surface area contributed by atoms with Crippen molar-refractivity contribution in [3.8, 4) is 0 Å². The zero-order valence-corrected chi connectivity index (χ0v) is 13.5. The molecule has 1 aliphatic rings. The number of hydrogen-bond donors (Lipinski definition) is 1. The van der Waals surface area contributed by atoms with Crippen LogP contribution in [-0.4, -0.2) is 5.11 Å². The molecular formula is C23H20O. The molecule has 0 aromatic heterocycles. The number of benzene rings is 3. The molecule has 3 aromatic carbocycles. The number of aliphatic hydroxyl groups is 1. The zero-order valence-electron chi connectivity index (χ0n) is 13.5. The van der Waals surface area contributed by atoms with Crippen LogP contribution in [0.5, 0.6) is 0 Å². The van der Waals surface area contributed by atoms with Gasteiger partial charge in [0.15, 0.2) is 0 Å². The van der Waals surface area contributed by atoms with Gasteiger partial charge in [-0.2, -0.15) is 0 Å². The summed E-state index contributed by atoms with van der Waals surface area (Å²) in [5, 5.41) is 11.9. The number of hydrogen-bond acceptors (Lipinski definition) is 1.